The van der Waals surface area contributed by atoms with Gasteiger partial charge in [0.25, 0.3) is 0 Å². The maximum absolute atomic E-state index is 5.27. The Kier molecular flexibility index (Phi) is 6.93. The molecule has 1 unspecified atom stereocenters. The highest BCUT2D eigenvalue weighted by Gasteiger charge is 2.14. The van der Waals surface area contributed by atoms with Crippen LogP contribution in [0.15, 0.2) is 23.0 Å². The lowest BCUT2D eigenvalue weighted by molar-refractivity contribution is 0.101. The molecule has 17 heavy (non-hydrogen) atoms. The van der Waals surface area contributed by atoms with Crippen molar-refractivity contribution in [2.75, 3.05) is 33.9 Å². The Morgan fingerprint density at radius 2 is 2.35 bits per heavy atom. The predicted molar refractivity (Wildman–Crippen MR) is 69.0 cm³/mol. The van der Waals surface area contributed by atoms with Gasteiger partial charge in [-0.05, 0) is 26.1 Å². The van der Waals surface area contributed by atoms with Crippen LogP contribution in [-0.2, 0) is 11.3 Å². The lowest BCUT2D eigenvalue weighted by Crippen LogP contribution is -2.42. The topological polar surface area (TPSA) is 37.6 Å². The van der Waals surface area contributed by atoms with Gasteiger partial charge in [0.15, 0.2) is 0 Å². The monoisotopic (exact) mass is 240 g/mol. The van der Waals surface area contributed by atoms with Gasteiger partial charge in [-0.3, -0.25) is 4.90 Å². The molecule has 1 aromatic rings. The first-order valence-electron chi connectivity index (χ1n) is 6.18. The van der Waals surface area contributed by atoms with Crippen LogP contribution in [0.3, 0.4) is 0 Å². The van der Waals surface area contributed by atoms with Crippen LogP contribution in [0.5, 0.6) is 0 Å². The van der Waals surface area contributed by atoms with Crippen molar-refractivity contribution in [2.45, 2.75) is 25.9 Å². The van der Waals surface area contributed by atoms with E-state index in [4.69, 9.17) is 9.15 Å². The van der Waals surface area contributed by atoms with Crippen molar-refractivity contribution in [1.29, 1.82) is 0 Å². The molecule has 0 aromatic carbocycles. The minimum atomic E-state index is 0.390. The molecule has 4 nitrogen and oxygen atoms in total. The minimum Gasteiger partial charge on any atom is -0.472 e. The van der Waals surface area contributed by atoms with Crippen molar-refractivity contribution in [3.05, 3.63) is 24.2 Å². The van der Waals surface area contributed by atoms with Gasteiger partial charge in [-0.15, -0.1) is 0 Å². The maximum atomic E-state index is 5.27. The molecule has 0 fully saturated rings. The molecule has 98 valence electrons. The Balaban J connectivity index is 2.39. The van der Waals surface area contributed by atoms with Crippen molar-refractivity contribution in [1.82, 2.24) is 10.2 Å². The molecular formula is C13H24N2O2. The molecule has 0 saturated carbocycles. The van der Waals surface area contributed by atoms with E-state index >= 15 is 0 Å². The van der Waals surface area contributed by atoms with E-state index in [0.717, 1.165) is 32.7 Å². The highest BCUT2D eigenvalue weighted by molar-refractivity contribution is 5.05. The number of ether oxygens (including phenoxy) is 1. The minimum absolute atomic E-state index is 0.390. The number of nitrogens with zero attached hydrogens (tertiary/aromatic N) is 1. The molecule has 1 atom stereocenters. The highest BCUT2D eigenvalue weighted by Crippen LogP contribution is 2.07. The number of hydrogen-bond acceptors (Lipinski definition) is 4. The summed E-state index contributed by atoms with van der Waals surface area (Å²) >= 11 is 0. The SMILES string of the molecule is CCCNCC(COC)N(C)Cc1ccoc1. The standard InChI is InChI=1S/C13H24N2O2/c1-4-6-14-8-13(11-16-3)15(2)9-12-5-7-17-10-12/h5,7,10,13-14H,4,6,8-9,11H2,1-3H3. The van der Waals surface area contributed by atoms with Gasteiger partial charge in [0, 0.05) is 31.8 Å². The lowest BCUT2D eigenvalue weighted by Gasteiger charge is -2.27. The van der Waals surface area contributed by atoms with Gasteiger partial charge in [-0.1, -0.05) is 6.92 Å². The van der Waals surface area contributed by atoms with E-state index in [9.17, 15) is 0 Å². The molecule has 1 heterocycles. The first-order chi connectivity index (χ1) is 8.27. The van der Waals surface area contributed by atoms with E-state index in [1.165, 1.54) is 5.56 Å². The zero-order chi connectivity index (χ0) is 12.5. The Labute approximate surface area is 104 Å². The van der Waals surface area contributed by atoms with Crippen LogP contribution in [0.4, 0.5) is 0 Å². The van der Waals surface area contributed by atoms with Crippen LogP contribution in [0.1, 0.15) is 18.9 Å². The van der Waals surface area contributed by atoms with Crippen LogP contribution >= 0.6 is 0 Å². The van der Waals surface area contributed by atoms with Gasteiger partial charge >= 0.3 is 0 Å². The lowest BCUT2D eigenvalue weighted by atomic mass is 10.2. The molecule has 0 amide bonds. The number of likely N-dealkylation sites (N-methyl/N-ethyl adjacent to an activating group) is 1. The molecule has 1 rings (SSSR count). The van der Waals surface area contributed by atoms with E-state index in [0.29, 0.717) is 6.04 Å². The average Bonchev–Trinajstić information content (AvgIpc) is 2.81. The molecule has 4 heteroatoms. The van der Waals surface area contributed by atoms with Crippen LogP contribution in [0.25, 0.3) is 0 Å². The number of rotatable bonds is 9. The molecule has 0 aliphatic carbocycles. The molecule has 0 aliphatic heterocycles. The summed E-state index contributed by atoms with van der Waals surface area (Å²) in [6, 6.07) is 2.39. The zero-order valence-electron chi connectivity index (χ0n) is 11.1. The summed E-state index contributed by atoms with van der Waals surface area (Å²) in [4.78, 5) is 2.29. The summed E-state index contributed by atoms with van der Waals surface area (Å²) in [5, 5.41) is 3.44. The fraction of sp³-hybridized carbons (Fsp3) is 0.692. The van der Waals surface area contributed by atoms with Crippen molar-refractivity contribution in [2.24, 2.45) is 0 Å². The molecule has 1 aromatic heterocycles. The number of methoxy groups -OCH3 is 1. The highest BCUT2D eigenvalue weighted by atomic mass is 16.5. The molecule has 0 bridgehead atoms. The van der Waals surface area contributed by atoms with Crippen LogP contribution in [0, 0.1) is 0 Å². The Hall–Kier alpha value is -0.840. The fourth-order valence-electron chi connectivity index (χ4n) is 1.78. The largest absolute Gasteiger partial charge is 0.472 e. The molecular weight excluding hydrogens is 216 g/mol. The Bertz CT molecular complexity index is 275. The van der Waals surface area contributed by atoms with Crippen molar-refractivity contribution < 1.29 is 9.15 Å². The summed E-state index contributed by atoms with van der Waals surface area (Å²) in [6.45, 7) is 5.81. The van der Waals surface area contributed by atoms with Gasteiger partial charge in [0.1, 0.15) is 0 Å². The summed E-state index contributed by atoms with van der Waals surface area (Å²) in [5.41, 5.74) is 1.20. The van der Waals surface area contributed by atoms with Crippen molar-refractivity contribution in [3.63, 3.8) is 0 Å². The third-order valence-corrected chi connectivity index (χ3v) is 2.80. The smallest absolute Gasteiger partial charge is 0.0947 e. The van der Waals surface area contributed by atoms with Gasteiger partial charge in [-0.2, -0.15) is 0 Å². The second kappa shape index (κ2) is 8.28. The van der Waals surface area contributed by atoms with Crippen LogP contribution in [-0.4, -0.2) is 44.8 Å². The molecule has 0 saturated heterocycles. The van der Waals surface area contributed by atoms with Crippen LogP contribution < -0.4 is 5.32 Å². The van der Waals surface area contributed by atoms with E-state index < -0.39 is 0 Å². The average molecular weight is 240 g/mol. The fourth-order valence-corrected chi connectivity index (χ4v) is 1.78. The van der Waals surface area contributed by atoms with Gasteiger partial charge in [0.2, 0.25) is 0 Å². The molecule has 0 spiro atoms. The van der Waals surface area contributed by atoms with Gasteiger partial charge < -0.3 is 14.5 Å². The predicted octanol–water partition coefficient (Wildman–Crippen LogP) is 1.73. The Morgan fingerprint density at radius 1 is 1.53 bits per heavy atom. The van der Waals surface area contributed by atoms with Gasteiger partial charge in [0.05, 0.1) is 19.1 Å². The maximum Gasteiger partial charge on any atom is 0.0947 e. The van der Waals surface area contributed by atoms with Gasteiger partial charge in [-0.25, -0.2) is 0 Å². The van der Waals surface area contributed by atoms with Crippen molar-refractivity contribution >= 4 is 0 Å². The molecule has 1 N–H and O–H groups in total. The first kappa shape index (κ1) is 14.2. The second-order valence-electron chi connectivity index (χ2n) is 4.36. The van der Waals surface area contributed by atoms with E-state index in [1.807, 2.05) is 6.07 Å². The Morgan fingerprint density at radius 3 is 2.94 bits per heavy atom. The van der Waals surface area contributed by atoms with E-state index in [1.54, 1.807) is 19.6 Å². The number of furan rings is 1. The number of nitrogens with one attached hydrogen (secondary N) is 1. The number of hydrogen-bond donors (Lipinski definition) is 1. The van der Waals surface area contributed by atoms with Crippen molar-refractivity contribution in [3.8, 4) is 0 Å². The molecule has 0 radical (unpaired) electrons. The third kappa shape index (κ3) is 5.35. The second-order valence-corrected chi connectivity index (χ2v) is 4.36. The normalized spacial score (nSPS) is 13.2. The van der Waals surface area contributed by atoms with E-state index in [-0.39, 0.29) is 0 Å². The summed E-state index contributed by atoms with van der Waals surface area (Å²) in [6.07, 6.45) is 4.66. The third-order valence-electron chi connectivity index (χ3n) is 2.80. The molecule has 0 aliphatic rings. The quantitative estimate of drug-likeness (QED) is 0.667. The summed E-state index contributed by atoms with van der Waals surface area (Å²) < 4.78 is 10.3. The first-order valence-corrected chi connectivity index (χ1v) is 6.18. The summed E-state index contributed by atoms with van der Waals surface area (Å²) in [5.74, 6) is 0. The zero-order valence-corrected chi connectivity index (χ0v) is 11.1. The summed E-state index contributed by atoms with van der Waals surface area (Å²) in [7, 11) is 3.86. The van der Waals surface area contributed by atoms with E-state index in [2.05, 4.69) is 24.2 Å². The van der Waals surface area contributed by atoms with Crippen LogP contribution in [0.2, 0.25) is 0 Å².